The number of hydrogen-bond donors (Lipinski definition) is 1. The highest BCUT2D eigenvalue weighted by Crippen LogP contribution is 2.41. The Labute approximate surface area is 90.4 Å². The van der Waals surface area contributed by atoms with Gasteiger partial charge in [-0.15, -0.1) is 0 Å². The normalized spacial score (nSPS) is 39.3. The van der Waals surface area contributed by atoms with Crippen molar-refractivity contribution in [1.29, 1.82) is 0 Å². The summed E-state index contributed by atoms with van der Waals surface area (Å²) in [7, 11) is -1.29. The average Bonchev–Trinajstić information content (AvgIpc) is 2.72. The Hall–Kier alpha value is -0.390. The summed E-state index contributed by atoms with van der Waals surface area (Å²) in [6, 6.07) is 0. The molecule has 0 bridgehead atoms. The Morgan fingerprint density at radius 1 is 1.40 bits per heavy atom. The van der Waals surface area contributed by atoms with Gasteiger partial charge in [-0.1, -0.05) is 11.1 Å². The van der Waals surface area contributed by atoms with Crippen LogP contribution in [0.5, 0.6) is 0 Å². The highest BCUT2D eigenvalue weighted by Gasteiger charge is 2.48. The third-order valence-electron chi connectivity index (χ3n) is 4.01. The fraction of sp³-hybridized carbons (Fsp3) is 0.800. The summed E-state index contributed by atoms with van der Waals surface area (Å²) < 4.78 is 25.5. The molecular weight excluding hydrogens is 212 g/mol. The first-order valence-electron chi connectivity index (χ1n) is 5.47. The number of nitrogens with one attached hydrogen (secondary N) is 1. The van der Waals surface area contributed by atoms with Gasteiger partial charge in [0.1, 0.15) is 0 Å². The van der Waals surface area contributed by atoms with E-state index in [1.165, 1.54) is 15.5 Å². The second-order valence-electron chi connectivity index (χ2n) is 4.74. The van der Waals surface area contributed by atoms with Crippen LogP contribution in [0.1, 0.15) is 12.8 Å². The van der Waals surface area contributed by atoms with Gasteiger partial charge in [0, 0.05) is 32.6 Å². The van der Waals surface area contributed by atoms with E-state index in [0.29, 0.717) is 6.54 Å². The van der Waals surface area contributed by atoms with E-state index in [1.807, 2.05) is 0 Å². The highest BCUT2D eigenvalue weighted by atomic mass is 32.2. The molecule has 0 radical (unpaired) electrons. The van der Waals surface area contributed by atoms with Crippen molar-refractivity contribution in [2.75, 3.05) is 26.7 Å². The number of rotatable bonds is 0. The maximum atomic E-state index is 12.0. The minimum atomic E-state index is -2.99. The smallest absolute Gasteiger partial charge is 0.217 e. The summed E-state index contributed by atoms with van der Waals surface area (Å²) in [5, 5.41) is 3.19. The molecule has 1 saturated heterocycles. The first kappa shape index (κ1) is 9.81. The molecule has 2 heterocycles. The zero-order chi connectivity index (χ0) is 10.6. The molecule has 0 amide bonds. The minimum absolute atomic E-state index is 0.138. The SMILES string of the molecule is CN1C[C@H]2C3=C(CC[C@H]2S1(=O)=O)CNC3. The van der Waals surface area contributed by atoms with E-state index in [1.54, 1.807) is 7.05 Å². The maximum absolute atomic E-state index is 12.0. The van der Waals surface area contributed by atoms with Gasteiger partial charge < -0.3 is 5.32 Å². The summed E-state index contributed by atoms with van der Waals surface area (Å²) in [5.41, 5.74) is 2.86. The monoisotopic (exact) mass is 228 g/mol. The van der Waals surface area contributed by atoms with Crippen LogP contribution >= 0.6 is 0 Å². The largest absolute Gasteiger partial charge is 0.309 e. The standard InChI is InChI=1S/C10H16N2O2S/c1-12-6-9-8-5-11-4-7(8)2-3-10(9)15(12,13)14/h9-11H,2-6H2,1H3/t9-,10+/m0/s1. The van der Waals surface area contributed by atoms with Crippen molar-refractivity contribution in [3.05, 3.63) is 11.1 Å². The zero-order valence-electron chi connectivity index (χ0n) is 8.86. The predicted octanol–water partition coefficient (Wildman–Crippen LogP) is -0.0600. The molecule has 0 unspecified atom stereocenters. The number of hydrogen-bond acceptors (Lipinski definition) is 3. The molecule has 1 aliphatic carbocycles. The lowest BCUT2D eigenvalue weighted by Crippen LogP contribution is -2.30. The van der Waals surface area contributed by atoms with Crippen LogP contribution in [0.4, 0.5) is 0 Å². The second-order valence-corrected chi connectivity index (χ2v) is 7.00. The van der Waals surface area contributed by atoms with Crippen LogP contribution in [0.2, 0.25) is 0 Å². The molecule has 4 nitrogen and oxygen atoms in total. The lowest BCUT2D eigenvalue weighted by atomic mass is 9.84. The minimum Gasteiger partial charge on any atom is -0.309 e. The first-order valence-corrected chi connectivity index (χ1v) is 6.97. The van der Waals surface area contributed by atoms with Gasteiger partial charge in [-0.25, -0.2) is 12.7 Å². The Balaban J connectivity index is 2.03. The van der Waals surface area contributed by atoms with E-state index in [-0.39, 0.29) is 11.2 Å². The fourth-order valence-corrected chi connectivity index (χ4v) is 5.08. The highest BCUT2D eigenvalue weighted by molar-refractivity contribution is 7.90. The third kappa shape index (κ3) is 1.23. The van der Waals surface area contributed by atoms with Gasteiger partial charge in [0.2, 0.25) is 10.0 Å². The van der Waals surface area contributed by atoms with Gasteiger partial charge in [0.15, 0.2) is 0 Å². The van der Waals surface area contributed by atoms with E-state index in [9.17, 15) is 8.42 Å². The van der Waals surface area contributed by atoms with Gasteiger partial charge in [-0.2, -0.15) is 0 Å². The summed E-state index contributed by atoms with van der Waals surface area (Å²) in [6.07, 6.45) is 1.79. The van der Waals surface area contributed by atoms with Crippen molar-refractivity contribution < 1.29 is 8.42 Å². The summed E-state index contributed by atoms with van der Waals surface area (Å²) in [4.78, 5) is 0. The van der Waals surface area contributed by atoms with Crippen molar-refractivity contribution in [3.63, 3.8) is 0 Å². The number of nitrogens with zero attached hydrogens (tertiary/aromatic N) is 1. The van der Waals surface area contributed by atoms with Gasteiger partial charge in [0.05, 0.1) is 5.25 Å². The quantitative estimate of drug-likeness (QED) is 0.591. The molecule has 0 aromatic heterocycles. The molecular formula is C10H16N2O2S. The van der Waals surface area contributed by atoms with Crippen molar-refractivity contribution in [2.24, 2.45) is 5.92 Å². The molecule has 0 spiro atoms. The van der Waals surface area contributed by atoms with Gasteiger partial charge in [-0.3, -0.25) is 0 Å². The van der Waals surface area contributed by atoms with E-state index in [0.717, 1.165) is 25.9 Å². The predicted molar refractivity (Wildman–Crippen MR) is 58.0 cm³/mol. The van der Waals surface area contributed by atoms with Crippen molar-refractivity contribution in [3.8, 4) is 0 Å². The van der Waals surface area contributed by atoms with Crippen molar-refractivity contribution in [2.45, 2.75) is 18.1 Å². The van der Waals surface area contributed by atoms with Crippen LogP contribution in [0, 0.1) is 5.92 Å². The molecule has 1 N–H and O–H groups in total. The van der Waals surface area contributed by atoms with E-state index < -0.39 is 10.0 Å². The molecule has 0 saturated carbocycles. The second kappa shape index (κ2) is 3.06. The molecule has 15 heavy (non-hydrogen) atoms. The Morgan fingerprint density at radius 3 is 3.00 bits per heavy atom. The Kier molecular flexibility index (Phi) is 2.00. The summed E-state index contributed by atoms with van der Waals surface area (Å²) in [6.45, 7) is 2.57. The molecule has 84 valence electrons. The number of sulfonamides is 1. The zero-order valence-corrected chi connectivity index (χ0v) is 9.68. The summed E-state index contributed by atoms with van der Waals surface area (Å²) in [5.74, 6) is 0.263. The molecule has 0 aromatic carbocycles. The average molecular weight is 228 g/mol. The molecule has 1 fully saturated rings. The van der Waals surface area contributed by atoms with Gasteiger partial charge in [0.25, 0.3) is 0 Å². The molecule has 2 aliphatic heterocycles. The van der Waals surface area contributed by atoms with Crippen LogP contribution in [-0.4, -0.2) is 44.7 Å². The molecule has 2 atom stereocenters. The maximum Gasteiger partial charge on any atom is 0.217 e. The lowest BCUT2D eigenvalue weighted by Gasteiger charge is -2.24. The van der Waals surface area contributed by atoms with E-state index >= 15 is 0 Å². The first-order chi connectivity index (χ1) is 7.10. The van der Waals surface area contributed by atoms with Crippen LogP contribution in [0.25, 0.3) is 0 Å². The molecule has 3 aliphatic rings. The number of fused-ring (bicyclic) bond motifs is 2. The van der Waals surface area contributed by atoms with Crippen LogP contribution in [0.3, 0.4) is 0 Å². The van der Waals surface area contributed by atoms with Gasteiger partial charge >= 0.3 is 0 Å². The third-order valence-corrected chi connectivity index (χ3v) is 6.35. The topological polar surface area (TPSA) is 49.4 Å². The Morgan fingerprint density at radius 2 is 2.20 bits per heavy atom. The van der Waals surface area contributed by atoms with E-state index in [4.69, 9.17) is 0 Å². The van der Waals surface area contributed by atoms with Crippen molar-refractivity contribution >= 4 is 10.0 Å². The summed E-state index contributed by atoms with van der Waals surface area (Å²) >= 11 is 0. The Bertz CT molecular complexity index is 427. The van der Waals surface area contributed by atoms with Gasteiger partial charge in [-0.05, 0) is 12.8 Å². The molecule has 3 rings (SSSR count). The van der Waals surface area contributed by atoms with Crippen molar-refractivity contribution in [1.82, 2.24) is 9.62 Å². The van der Waals surface area contributed by atoms with E-state index in [2.05, 4.69) is 5.32 Å². The molecule has 0 aromatic rings. The van der Waals surface area contributed by atoms with Crippen LogP contribution in [-0.2, 0) is 10.0 Å². The van der Waals surface area contributed by atoms with Crippen LogP contribution in [0.15, 0.2) is 11.1 Å². The lowest BCUT2D eigenvalue weighted by molar-refractivity contribution is 0.460. The van der Waals surface area contributed by atoms with Crippen LogP contribution < -0.4 is 5.32 Å². The molecule has 5 heteroatoms. The fourth-order valence-electron chi connectivity index (χ4n) is 3.17.